The van der Waals surface area contributed by atoms with E-state index in [1.807, 2.05) is 11.5 Å². The Kier molecular flexibility index (Phi) is 6.76. The van der Waals surface area contributed by atoms with Crippen LogP contribution in [-0.4, -0.2) is 42.0 Å². The average molecular weight is 456 g/mol. The molecule has 9 nitrogen and oxygen atoms in total. The molecule has 0 fully saturated rings. The molecule has 1 aliphatic heterocycles. The molecule has 1 aliphatic rings. The van der Waals surface area contributed by atoms with Crippen molar-refractivity contribution < 1.29 is 10.2 Å². The molecule has 3 heterocycles. The molecule has 0 atom stereocenters. The second kappa shape index (κ2) is 9.72. The second-order valence-corrected chi connectivity index (χ2v) is 8.75. The Hall–Kier alpha value is -3.23. The lowest BCUT2D eigenvalue weighted by atomic mass is 10.1. The highest BCUT2D eigenvalue weighted by Gasteiger charge is 2.26. The molecule has 0 radical (unpaired) electrons. The lowest BCUT2D eigenvalue weighted by Gasteiger charge is -2.29. The molecule has 0 saturated carbocycles. The number of fused-ring (bicyclic) bond motifs is 3. The van der Waals surface area contributed by atoms with E-state index in [0.717, 1.165) is 44.2 Å². The van der Waals surface area contributed by atoms with Gasteiger partial charge in [0, 0.05) is 32.7 Å². The van der Waals surface area contributed by atoms with E-state index in [4.69, 9.17) is 4.98 Å². The van der Waals surface area contributed by atoms with Gasteiger partial charge in [0.05, 0.1) is 0 Å². The highest BCUT2D eigenvalue weighted by Crippen LogP contribution is 2.27. The summed E-state index contributed by atoms with van der Waals surface area (Å²) in [4.78, 5) is 33.5. The molecule has 0 spiro atoms. The number of hydrogen-bond donors (Lipinski definition) is 2. The molecule has 3 aromatic rings. The molecule has 0 bridgehead atoms. The number of phenolic OH excluding ortho intramolecular Hbond substituents is 2. The number of anilines is 1. The average Bonchev–Trinajstić information content (AvgIpc) is 3.20. The van der Waals surface area contributed by atoms with Crippen LogP contribution in [0.4, 0.5) is 5.95 Å². The Labute approximate surface area is 192 Å². The summed E-state index contributed by atoms with van der Waals surface area (Å²) in [5.74, 6) is 0.447. The molecular weight excluding hydrogens is 422 g/mol. The fourth-order valence-electron chi connectivity index (χ4n) is 4.48. The molecule has 4 rings (SSSR count). The van der Waals surface area contributed by atoms with Crippen molar-refractivity contribution >= 4 is 17.1 Å². The highest BCUT2D eigenvalue weighted by atomic mass is 16.3. The number of benzene rings is 1. The summed E-state index contributed by atoms with van der Waals surface area (Å²) in [7, 11) is 0. The predicted octanol–water partition coefficient (Wildman–Crippen LogP) is 2.82. The number of nitrogens with zero attached hydrogens (tertiary/aromatic N) is 5. The van der Waals surface area contributed by atoms with E-state index < -0.39 is 0 Å². The SMILES string of the molecule is CCCCn1c(=O)c2c(nc3n2CCCN3CCc2ccc(O)c(O)c2)n(CCCC)c1=O. The van der Waals surface area contributed by atoms with Crippen LogP contribution in [0.5, 0.6) is 11.5 Å². The van der Waals surface area contributed by atoms with Crippen LogP contribution in [0.25, 0.3) is 11.2 Å². The third-order valence-corrected chi connectivity index (χ3v) is 6.37. The Morgan fingerprint density at radius 2 is 1.67 bits per heavy atom. The number of aromatic hydroxyl groups is 2. The first-order chi connectivity index (χ1) is 16.0. The normalized spacial score (nSPS) is 13.6. The van der Waals surface area contributed by atoms with Gasteiger partial charge < -0.3 is 19.7 Å². The van der Waals surface area contributed by atoms with Crippen molar-refractivity contribution in [3.63, 3.8) is 0 Å². The fraction of sp³-hybridized carbons (Fsp3) is 0.542. The topological polar surface area (TPSA) is 106 Å². The van der Waals surface area contributed by atoms with Gasteiger partial charge in [-0.1, -0.05) is 32.8 Å². The lowest BCUT2D eigenvalue weighted by Crippen LogP contribution is -2.41. The summed E-state index contributed by atoms with van der Waals surface area (Å²) in [6.07, 6.45) is 5.01. The number of imidazole rings is 1. The highest BCUT2D eigenvalue weighted by molar-refractivity contribution is 5.75. The Morgan fingerprint density at radius 1 is 0.939 bits per heavy atom. The van der Waals surface area contributed by atoms with Gasteiger partial charge in [-0.2, -0.15) is 4.98 Å². The van der Waals surface area contributed by atoms with Crippen LogP contribution in [0, 0.1) is 0 Å². The van der Waals surface area contributed by atoms with Gasteiger partial charge in [0.1, 0.15) is 0 Å². The number of aryl methyl sites for hydroxylation is 2. The van der Waals surface area contributed by atoms with Gasteiger partial charge in [0.2, 0.25) is 5.95 Å². The van der Waals surface area contributed by atoms with Crippen molar-refractivity contribution in [3.05, 3.63) is 44.6 Å². The molecule has 0 saturated heterocycles. The van der Waals surface area contributed by atoms with Crippen molar-refractivity contribution in [3.8, 4) is 11.5 Å². The van der Waals surface area contributed by atoms with Gasteiger partial charge in [-0.15, -0.1) is 0 Å². The minimum atomic E-state index is -0.268. The smallest absolute Gasteiger partial charge is 0.332 e. The zero-order valence-electron chi connectivity index (χ0n) is 19.5. The van der Waals surface area contributed by atoms with Crippen LogP contribution in [0.2, 0.25) is 0 Å². The first-order valence-corrected chi connectivity index (χ1v) is 12.0. The zero-order valence-corrected chi connectivity index (χ0v) is 19.5. The summed E-state index contributed by atoms with van der Waals surface area (Å²) < 4.78 is 5.03. The van der Waals surface area contributed by atoms with E-state index in [9.17, 15) is 19.8 Å². The Morgan fingerprint density at radius 3 is 2.36 bits per heavy atom. The third-order valence-electron chi connectivity index (χ3n) is 6.37. The van der Waals surface area contributed by atoms with Crippen molar-refractivity contribution in [2.24, 2.45) is 0 Å². The maximum atomic E-state index is 13.4. The number of rotatable bonds is 9. The molecule has 9 heteroatoms. The van der Waals surface area contributed by atoms with Gasteiger partial charge in [0.15, 0.2) is 22.7 Å². The summed E-state index contributed by atoms with van der Waals surface area (Å²) in [6, 6.07) is 4.84. The van der Waals surface area contributed by atoms with Gasteiger partial charge >= 0.3 is 5.69 Å². The van der Waals surface area contributed by atoms with E-state index in [-0.39, 0.29) is 22.7 Å². The van der Waals surface area contributed by atoms with E-state index in [2.05, 4.69) is 11.8 Å². The molecule has 0 amide bonds. The summed E-state index contributed by atoms with van der Waals surface area (Å²) in [6.45, 7) is 7.24. The predicted molar refractivity (Wildman–Crippen MR) is 128 cm³/mol. The summed E-state index contributed by atoms with van der Waals surface area (Å²) in [5.41, 5.74) is 1.38. The molecule has 0 aliphatic carbocycles. The summed E-state index contributed by atoms with van der Waals surface area (Å²) >= 11 is 0. The van der Waals surface area contributed by atoms with Crippen LogP contribution in [-0.2, 0) is 26.1 Å². The van der Waals surface area contributed by atoms with Gasteiger partial charge in [-0.25, -0.2) is 4.79 Å². The van der Waals surface area contributed by atoms with Crippen molar-refractivity contribution in [1.82, 2.24) is 18.7 Å². The maximum Gasteiger partial charge on any atom is 0.332 e. The van der Waals surface area contributed by atoms with Crippen LogP contribution in [0.3, 0.4) is 0 Å². The van der Waals surface area contributed by atoms with Crippen molar-refractivity contribution in [2.75, 3.05) is 18.0 Å². The van der Waals surface area contributed by atoms with E-state index >= 15 is 0 Å². The first kappa shape index (κ1) is 22.9. The number of hydrogen-bond acceptors (Lipinski definition) is 6. The maximum absolute atomic E-state index is 13.4. The largest absolute Gasteiger partial charge is 0.504 e. The Balaban J connectivity index is 1.75. The van der Waals surface area contributed by atoms with Crippen molar-refractivity contribution in [1.29, 1.82) is 0 Å². The third kappa shape index (κ3) is 4.36. The summed E-state index contributed by atoms with van der Waals surface area (Å²) in [5, 5.41) is 19.3. The zero-order chi connectivity index (χ0) is 23.5. The quantitative estimate of drug-likeness (QED) is 0.481. The second-order valence-electron chi connectivity index (χ2n) is 8.75. The molecule has 33 heavy (non-hydrogen) atoms. The van der Waals surface area contributed by atoms with E-state index in [0.29, 0.717) is 49.7 Å². The molecule has 1 aromatic carbocycles. The molecule has 178 valence electrons. The van der Waals surface area contributed by atoms with Crippen LogP contribution in [0.15, 0.2) is 27.8 Å². The number of aromatic nitrogens is 4. The lowest BCUT2D eigenvalue weighted by molar-refractivity contribution is 0.403. The van der Waals surface area contributed by atoms with Crippen molar-refractivity contribution in [2.45, 2.75) is 72.0 Å². The van der Waals surface area contributed by atoms with Crippen LogP contribution in [0.1, 0.15) is 51.5 Å². The number of phenols is 2. The van der Waals surface area contributed by atoms with E-state index in [1.165, 1.54) is 10.6 Å². The molecule has 2 aromatic heterocycles. The molecule has 0 unspecified atom stereocenters. The Bertz CT molecular complexity index is 1260. The van der Waals surface area contributed by atoms with Gasteiger partial charge in [-0.05, 0) is 43.4 Å². The van der Waals surface area contributed by atoms with Gasteiger partial charge in [0.25, 0.3) is 5.56 Å². The standard InChI is InChI=1S/C24H33N5O4/c1-3-5-12-28-21-20(22(32)29(24(28)33)13-6-4-2)27-14-7-11-26(23(27)25-21)15-10-17-8-9-18(30)19(31)16-17/h8-9,16,30-31H,3-7,10-15H2,1-2H3. The minimum absolute atomic E-state index is 0.133. The monoisotopic (exact) mass is 455 g/mol. The van der Waals surface area contributed by atoms with Crippen LogP contribution >= 0.6 is 0 Å². The fourth-order valence-corrected chi connectivity index (χ4v) is 4.48. The van der Waals surface area contributed by atoms with Crippen LogP contribution < -0.4 is 16.1 Å². The number of unbranched alkanes of at least 4 members (excludes halogenated alkanes) is 2. The minimum Gasteiger partial charge on any atom is -0.504 e. The molecular formula is C24H33N5O4. The molecule has 2 N–H and O–H groups in total. The van der Waals surface area contributed by atoms with E-state index in [1.54, 1.807) is 16.7 Å². The first-order valence-electron chi connectivity index (χ1n) is 12.0. The van der Waals surface area contributed by atoms with Gasteiger partial charge in [-0.3, -0.25) is 13.9 Å².